The predicted molar refractivity (Wildman–Crippen MR) is 62.8 cm³/mol. The Hall–Kier alpha value is -2.01. The Kier molecular flexibility index (Phi) is 4.54. The number of hydrogen-bond acceptors (Lipinski definition) is 3. The normalized spacial score (nSPS) is 10.4. The van der Waals surface area contributed by atoms with Gasteiger partial charge in [-0.25, -0.2) is 4.79 Å². The van der Waals surface area contributed by atoms with E-state index in [1.807, 2.05) is 0 Å². The minimum absolute atomic E-state index is 0.227. The van der Waals surface area contributed by atoms with Crippen molar-refractivity contribution in [3.63, 3.8) is 0 Å². The van der Waals surface area contributed by atoms with Crippen molar-refractivity contribution < 1.29 is 19.4 Å². The fourth-order valence-corrected chi connectivity index (χ4v) is 1.35. The van der Waals surface area contributed by atoms with Gasteiger partial charge >= 0.3 is 5.97 Å². The molecular formula is C11H10ClNO4. The molecule has 0 aliphatic rings. The number of primary amides is 1. The molecule has 1 rings (SSSR count). The maximum Gasteiger partial charge on any atom is 0.328 e. The number of hydrogen-bond donors (Lipinski definition) is 2. The minimum atomic E-state index is -1.09. The molecular weight excluding hydrogens is 246 g/mol. The van der Waals surface area contributed by atoms with Gasteiger partial charge in [0.25, 0.3) is 5.91 Å². The molecule has 0 fully saturated rings. The van der Waals surface area contributed by atoms with Crippen molar-refractivity contribution in [3.8, 4) is 5.75 Å². The van der Waals surface area contributed by atoms with E-state index in [1.54, 1.807) is 18.2 Å². The van der Waals surface area contributed by atoms with Crippen molar-refractivity contribution in [2.24, 2.45) is 5.73 Å². The van der Waals surface area contributed by atoms with Gasteiger partial charge in [-0.3, -0.25) is 4.79 Å². The van der Waals surface area contributed by atoms with Crippen LogP contribution in [0.4, 0.5) is 0 Å². The number of aliphatic carboxylic acids is 1. The van der Waals surface area contributed by atoms with Gasteiger partial charge in [-0.15, -0.1) is 0 Å². The maximum absolute atomic E-state index is 10.6. The van der Waals surface area contributed by atoms with E-state index in [0.29, 0.717) is 5.56 Å². The van der Waals surface area contributed by atoms with Crippen LogP contribution >= 0.6 is 11.6 Å². The van der Waals surface area contributed by atoms with Crippen LogP contribution < -0.4 is 10.5 Å². The Morgan fingerprint density at radius 1 is 1.47 bits per heavy atom. The number of carboxylic acid groups (broad SMARTS) is 1. The predicted octanol–water partition coefficient (Wildman–Crippen LogP) is 1.30. The number of amides is 1. The fourth-order valence-electron chi connectivity index (χ4n) is 1.11. The van der Waals surface area contributed by atoms with Crippen LogP contribution in [-0.2, 0) is 9.59 Å². The van der Waals surface area contributed by atoms with E-state index in [2.05, 4.69) is 0 Å². The van der Waals surface area contributed by atoms with Gasteiger partial charge in [-0.2, -0.15) is 0 Å². The number of nitrogens with two attached hydrogens (primary N) is 1. The Morgan fingerprint density at radius 3 is 2.76 bits per heavy atom. The molecule has 0 heterocycles. The monoisotopic (exact) mass is 255 g/mol. The highest BCUT2D eigenvalue weighted by Gasteiger charge is 2.07. The molecule has 1 aromatic rings. The van der Waals surface area contributed by atoms with Crippen molar-refractivity contribution in [2.45, 2.75) is 0 Å². The standard InChI is InChI=1S/C11H10ClNO4/c12-8-3-1-2-7(4-5-10(15)16)11(8)17-6-9(13)14/h1-5H,6H2,(H2,13,14)(H,15,16)/b5-4+. The van der Waals surface area contributed by atoms with Gasteiger partial charge in [-0.05, 0) is 12.1 Å². The number of rotatable bonds is 5. The smallest absolute Gasteiger partial charge is 0.328 e. The van der Waals surface area contributed by atoms with Crippen molar-refractivity contribution >= 4 is 29.6 Å². The maximum atomic E-state index is 10.6. The van der Waals surface area contributed by atoms with E-state index in [-0.39, 0.29) is 17.4 Å². The Morgan fingerprint density at radius 2 is 2.18 bits per heavy atom. The van der Waals surface area contributed by atoms with E-state index >= 15 is 0 Å². The molecule has 0 radical (unpaired) electrons. The lowest BCUT2D eigenvalue weighted by Crippen LogP contribution is -2.20. The Balaban J connectivity index is 2.99. The van der Waals surface area contributed by atoms with Crippen LogP contribution in [0.1, 0.15) is 5.56 Å². The first-order chi connectivity index (χ1) is 8.00. The van der Waals surface area contributed by atoms with Crippen LogP contribution in [-0.4, -0.2) is 23.6 Å². The summed E-state index contributed by atoms with van der Waals surface area (Å²) in [5, 5.41) is 8.80. The summed E-state index contributed by atoms with van der Waals surface area (Å²) >= 11 is 5.87. The third-order valence-electron chi connectivity index (χ3n) is 1.76. The highest BCUT2D eigenvalue weighted by atomic mass is 35.5. The van der Waals surface area contributed by atoms with Crippen LogP contribution in [0.15, 0.2) is 24.3 Å². The third kappa shape index (κ3) is 4.16. The molecule has 3 N–H and O–H groups in total. The van der Waals surface area contributed by atoms with Gasteiger partial charge in [0.2, 0.25) is 0 Å². The minimum Gasteiger partial charge on any atom is -0.482 e. The molecule has 0 saturated heterocycles. The molecule has 17 heavy (non-hydrogen) atoms. The zero-order valence-electron chi connectivity index (χ0n) is 8.72. The van der Waals surface area contributed by atoms with Gasteiger partial charge in [-0.1, -0.05) is 23.7 Å². The van der Waals surface area contributed by atoms with E-state index < -0.39 is 11.9 Å². The molecule has 0 bridgehead atoms. The molecule has 0 spiro atoms. The van der Waals surface area contributed by atoms with Gasteiger partial charge < -0.3 is 15.6 Å². The summed E-state index contributed by atoms with van der Waals surface area (Å²) in [6, 6.07) is 4.82. The van der Waals surface area contributed by atoms with Crippen molar-refractivity contribution in [3.05, 3.63) is 34.9 Å². The average molecular weight is 256 g/mol. The molecule has 1 amide bonds. The molecule has 0 aromatic heterocycles. The first kappa shape index (κ1) is 13.1. The summed E-state index contributed by atoms with van der Waals surface area (Å²) in [7, 11) is 0. The lowest BCUT2D eigenvalue weighted by atomic mass is 10.2. The van der Waals surface area contributed by atoms with E-state index in [9.17, 15) is 9.59 Å². The first-order valence-corrected chi connectivity index (χ1v) is 4.99. The van der Waals surface area contributed by atoms with Crippen LogP contribution in [0, 0.1) is 0 Å². The zero-order valence-corrected chi connectivity index (χ0v) is 9.48. The fraction of sp³-hybridized carbons (Fsp3) is 0.0909. The molecule has 90 valence electrons. The summed E-state index contributed by atoms with van der Waals surface area (Å²) in [5.74, 6) is -1.51. The summed E-state index contributed by atoms with van der Waals surface area (Å²) in [6.07, 6.45) is 2.27. The van der Waals surface area contributed by atoms with Crippen LogP contribution in [0.2, 0.25) is 5.02 Å². The van der Waals surface area contributed by atoms with Crippen molar-refractivity contribution in [2.75, 3.05) is 6.61 Å². The number of carbonyl (C=O) groups excluding carboxylic acids is 1. The summed E-state index contributed by atoms with van der Waals surface area (Å²) in [6.45, 7) is -0.322. The highest BCUT2D eigenvalue weighted by molar-refractivity contribution is 6.32. The zero-order chi connectivity index (χ0) is 12.8. The number of carboxylic acids is 1. The lowest BCUT2D eigenvalue weighted by Gasteiger charge is -2.09. The molecule has 0 aliphatic heterocycles. The molecule has 0 aliphatic carbocycles. The summed E-state index contributed by atoms with van der Waals surface area (Å²) in [4.78, 5) is 21.0. The lowest BCUT2D eigenvalue weighted by molar-refractivity contribution is -0.131. The Labute approximate surface area is 102 Å². The SMILES string of the molecule is NC(=O)COc1c(Cl)cccc1/C=C/C(=O)O. The second-order valence-corrected chi connectivity index (χ2v) is 3.49. The van der Waals surface area contributed by atoms with Gasteiger partial charge in [0.05, 0.1) is 5.02 Å². The largest absolute Gasteiger partial charge is 0.482 e. The van der Waals surface area contributed by atoms with Gasteiger partial charge in [0.1, 0.15) is 5.75 Å². The number of halogens is 1. The topological polar surface area (TPSA) is 89.6 Å². The quantitative estimate of drug-likeness (QED) is 0.776. The number of carbonyl (C=O) groups is 2. The van der Waals surface area contributed by atoms with Crippen LogP contribution in [0.25, 0.3) is 6.08 Å². The molecule has 0 atom stereocenters. The van der Waals surface area contributed by atoms with Gasteiger partial charge in [0, 0.05) is 11.6 Å². The summed E-state index contributed by atoms with van der Waals surface area (Å²) in [5.41, 5.74) is 5.40. The van der Waals surface area contributed by atoms with E-state index in [4.69, 9.17) is 27.2 Å². The van der Waals surface area contributed by atoms with Crippen LogP contribution in [0.3, 0.4) is 0 Å². The average Bonchev–Trinajstić information content (AvgIpc) is 2.24. The van der Waals surface area contributed by atoms with E-state index in [0.717, 1.165) is 6.08 Å². The molecule has 0 unspecified atom stereocenters. The molecule has 6 heteroatoms. The number of benzene rings is 1. The van der Waals surface area contributed by atoms with Crippen LogP contribution in [0.5, 0.6) is 5.75 Å². The summed E-state index contributed by atoms with van der Waals surface area (Å²) < 4.78 is 5.11. The van der Waals surface area contributed by atoms with Crippen molar-refractivity contribution in [1.29, 1.82) is 0 Å². The highest BCUT2D eigenvalue weighted by Crippen LogP contribution is 2.29. The van der Waals surface area contributed by atoms with Gasteiger partial charge in [0.15, 0.2) is 6.61 Å². The number of para-hydroxylation sites is 1. The molecule has 5 nitrogen and oxygen atoms in total. The first-order valence-electron chi connectivity index (χ1n) is 4.61. The van der Waals surface area contributed by atoms with E-state index in [1.165, 1.54) is 6.08 Å². The third-order valence-corrected chi connectivity index (χ3v) is 2.06. The second kappa shape index (κ2) is 5.91. The van der Waals surface area contributed by atoms with Crippen molar-refractivity contribution in [1.82, 2.24) is 0 Å². The number of ether oxygens (including phenoxy) is 1. The second-order valence-electron chi connectivity index (χ2n) is 3.08. The Bertz CT molecular complexity index is 471. The molecule has 0 saturated carbocycles. The molecule has 1 aromatic carbocycles.